The molecule has 1 aliphatic heterocycles. The third-order valence-corrected chi connectivity index (χ3v) is 6.69. The van der Waals surface area contributed by atoms with Gasteiger partial charge in [0.2, 0.25) is 5.91 Å². The van der Waals surface area contributed by atoms with Crippen molar-refractivity contribution < 1.29 is 9.90 Å². The fourth-order valence-corrected chi connectivity index (χ4v) is 4.72. The molecule has 0 spiro atoms. The van der Waals surface area contributed by atoms with Crippen LogP contribution in [0.4, 0.5) is 0 Å². The minimum atomic E-state index is -1.03. The number of fused-ring (bicyclic) bond motifs is 1. The molecule has 3 aromatic heterocycles. The van der Waals surface area contributed by atoms with E-state index in [2.05, 4.69) is 15.4 Å². The van der Waals surface area contributed by atoms with E-state index in [-0.39, 0.29) is 24.1 Å². The van der Waals surface area contributed by atoms with E-state index in [1.165, 1.54) is 0 Å². The lowest BCUT2D eigenvalue weighted by atomic mass is 10.0. The second-order valence-corrected chi connectivity index (χ2v) is 10.3. The standard InChI is InChI=1S/C27H37N7O3/c1-16(2)34-25-22(14-29-34)20(26(36)28-13-21-17(3)11-18(4)30-27(21)37)12-23(31-25)19-7-9-33(10-8-19)24(35)15-32(5)6/h7,11-12,14,16,26,28,36H,8-10,13,15H2,1-6H3,(H,30,37). The smallest absolute Gasteiger partial charge is 0.252 e. The summed E-state index contributed by atoms with van der Waals surface area (Å²) in [5, 5.41) is 19.6. The predicted octanol–water partition coefficient (Wildman–Crippen LogP) is 2.28. The fourth-order valence-electron chi connectivity index (χ4n) is 4.72. The molecule has 3 N–H and O–H groups in total. The Morgan fingerprint density at radius 3 is 2.65 bits per heavy atom. The van der Waals surface area contributed by atoms with Gasteiger partial charge in [0.05, 0.1) is 18.4 Å². The van der Waals surface area contributed by atoms with Crippen molar-refractivity contribution >= 4 is 22.5 Å². The number of hydrogen-bond acceptors (Lipinski definition) is 7. The van der Waals surface area contributed by atoms with Gasteiger partial charge in [-0.15, -0.1) is 0 Å². The first-order chi connectivity index (χ1) is 17.5. The first kappa shape index (κ1) is 26.7. The Hall–Kier alpha value is -3.34. The van der Waals surface area contributed by atoms with Crippen LogP contribution in [0.5, 0.6) is 0 Å². The number of aryl methyl sites for hydroxylation is 2. The number of hydrogen-bond donors (Lipinski definition) is 3. The summed E-state index contributed by atoms with van der Waals surface area (Å²) in [6, 6.07) is 3.90. The Labute approximate surface area is 217 Å². The van der Waals surface area contributed by atoms with Crippen molar-refractivity contribution in [2.24, 2.45) is 0 Å². The summed E-state index contributed by atoms with van der Waals surface area (Å²) in [4.78, 5) is 36.4. The van der Waals surface area contributed by atoms with Crippen molar-refractivity contribution in [1.29, 1.82) is 0 Å². The van der Waals surface area contributed by atoms with Gasteiger partial charge in [0.1, 0.15) is 6.23 Å². The molecule has 10 heteroatoms. The largest absolute Gasteiger partial charge is 0.374 e. The van der Waals surface area contributed by atoms with Gasteiger partial charge in [0, 0.05) is 47.9 Å². The lowest BCUT2D eigenvalue weighted by Crippen LogP contribution is -2.40. The van der Waals surface area contributed by atoms with Gasteiger partial charge in [-0.3, -0.25) is 14.9 Å². The molecule has 0 saturated heterocycles. The summed E-state index contributed by atoms with van der Waals surface area (Å²) in [6.07, 6.45) is 3.42. The molecular formula is C27H37N7O3. The van der Waals surface area contributed by atoms with Crippen molar-refractivity contribution in [3.05, 3.63) is 62.8 Å². The summed E-state index contributed by atoms with van der Waals surface area (Å²) in [5.74, 6) is 0.100. The van der Waals surface area contributed by atoms with E-state index in [9.17, 15) is 14.7 Å². The summed E-state index contributed by atoms with van der Waals surface area (Å²) in [5.41, 5.74) is 5.24. The number of pyridine rings is 2. The van der Waals surface area contributed by atoms with Gasteiger partial charge in [0.25, 0.3) is 5.56 Å². The molecule has 1 atom stereocenters. The Morgan fingerprint density at radius 1 is 1.27 bits per heavy atom. The normalized spacial score (nSPS) is 15.1. The Balaban J connectivity index is 1.65. The molecule has 4 heterocycles. The van der Waals surface area contributed by atoms with E-state index >= 15 is 0 Å². The van der Waals surface area contributed by atoms with Crippen LogP contribution in [-0.2, 0) is 11.3 Å². The van der Waals surface area contributed by atoms with Crippen LogP contribution in [0.3, 0.4) is 0 Å². The Bertz CT molecular complexity index is 1390. The fraction of sp³-hybridized carbons (Fsp3) is 0.481. The number of carbonyl (C=O) groups is 1. The second kappa shape index (κ2) is 11.0. The highest BCUT2D eigenvalue weighted by molar-refractivity contribution is 5.83. The molecule has 3 aromatic rings. The zero-order valence-corrected chi connectivity index (χ0v) is 22.5. The van der Waals surface area contributed by atoms with Crippen LogP contribution in [0.25, 0.3) is 16.6 Å². The summed E-state index contributed by atoms with van der Waals surface area (Å²) in [7, 11) is 3.77. The van der Waals surface area contributed by atoms with Gasteiger partial charge in [-0.2, -0.15) is 5.10 Å². The number of amides is 1. The number of nitrogens with one attached hydrogen (secondary N) is 2. The minimum absolute atomic E-state index is 0.0893. The van der Waals surface area contributed by atoms with Gasteiger partial charge in [-0.1, -0.05) is 6.08 Å². The first-order valence-electron chi connectivity index (χ1n) is 12.7. The van der Waals surface area contributed by atoms with Crippen molar-refractivity contribution in [2.75, 3.05) is 33.7 Å². The number of aliphatic hydroxyl groups is 1. The number of likely N-dealkylation sites (N-methyl/N-ethyl adjacent to an activating group) is 1. The third kappa shape index (κ3) is 5.82. The average Bonchev–Trinajstić information content (AvgIpc) is 3.26. The molecule has 0 saturated carbocycles. The van der Waals surface area contributed by atoms with Gasteiger partial charge in [-0.25, -0.2) is 9.67 Å². The number of aliphatic hydroxyl groups excluding tert-OH is 1. The second-order valence-electron chi connectivity index (χ2n) is 10.3. The lowest BCUT2D eigenvalue weighted by molar-refractivity contribution is -0.131. The van der Waals surface area contributed by atoms with E-state index in [0.717, 1.165) is 27.9 Å². The van der Waals surface area contributed by atoms with Crippen LogP contribution in [0.1, 0.15) is 60.6 Å². The lowest BCUT2D eigenvalue weighted by Gasteiger charge is -2.28. The minimum Gasteiger partial charge on any atom is -0.374 e. The Kier molecular flexibility index (Phi) is 7.91. The molecule has 0 bridgehead atoms. The number of nitrogens with zero attached hydrogens (tertiary/aromatic N) is 5. The molecule has 1 unspecified atom stereocenters. The van der Waals surface area contributed by atoms with Crippen LogP contribution in [-0.4, -0.2) is 74.3 Å². The zero-order chi connectivity index (χ0) is 26.9. The monoisotopic (exact) mass is 507 g/mol. The van der Waals surface area contributed by atoms with Crippen LogP contribution in [0.2, 0.25) is 0 Å². The first-order valence-corrected chi connectivity index (χ1v) is 12.7. The quantitative estimate of drug-likeness (QED) is 0.400. The van der Waals surface area contributed by atoms with E-state index in [4.69, 9.17) is 4.98 Å². The topological polar surface area (TPSA) is 119 Å². The molecule has 0 fully saturated rings. The van der Waals surface area contributed by atoms with Crippen molar-refractivity contribution in [3.8, 4) is 0 Å². The third-order valence-electron chi connectivity index (χ3n) is 6.69. The molecule has 1 amide bonds. The molecule has 198 valence electrons. The molecule has 0 radical (unpaired) electrons. The number of carbonyl (C=O) groups excluding carboxylic acids is 1. The maximum atomic E-state index is 12.5. The van der Waals surface area contributed by atoms with Gasteiger partial charge < -0.3 is 19.9 Å². The maximum Gasteiger partial charge on any atom is 0.252 e. The van der Waals surface area contributed by atoms with E-state index in [1.54, 1.807) is 6.20 Å². The molecule has 0 aliphatic carbocycles. The Morgan fingerprint density at radius 2 is 2.03 bits per heavy atom. The molecule has 4 rings (SSSR count). The SMILES string of the molecule is Cc1cc(C)c(CNC(O)c2cc(C3=CCN(C(=O)CN(C)C)CC3)nc3c2cnn3C(C)C)c(=O)[nH]1. The highest BCUT2D eigenvalue weighted by Crippen LogP contribution is 2.30. The molecule has 10 nitrogen and oxygen atoms in total. The predicted molar refractivity (Wildman–Crippen MR) is 144 cm³/mol. The van der Waals surface area contributed by atoms with Crippen LogP contribution >= 0.6 is 0 Å². The van der Waals surface area contributed by atoms with Gasteiger partial charge in [0.15, 0.2) is 5.65 Å². The van der Waals surface area contributed by atoms with Crippen LogP contribution in [0, 0.1) is 13.8 Å². The van der Waals surface area contributed by atoms with Crippen LogP contribution < -0.4 is 10.9 Å². The average molecular weight is 508 g/mol. The summed E-state index contributed by atoms with van der Waals surface area (Å²) in [6.45, 7) is 9.55. The number of rotatable bonds is 8. The zero-order valence-electron chi connectivity index (χ0n) is 22.5. The van der Waals surface area contributed by atoms with Crippen LogP contribution in [0.15, 0.2) is 29.2 Å². The van der Waals surface area contributed by atoms with Gasteiger partial charge in [-0.05, 0) is 71.5 Å². The summed E-state index contributed by atoms with van der Waals surface area (Å²) < 4.78 is 1.85. The highest BCUT2D eigenvalue weighted by Gasteiger charge is 2.23. The van der Waals surface area contributed by atoms with E-state index in [1.807, 2.05) is 74.5 Å². The number of aromatic amines is 1. The van der Waals surface area contributed by atoms with E-state index in [0.29, 0.717) is 42.8 Å². The van der Waals surface area contributed by atoms with Crippen molar-refractivity contribution in [1.82, 2.24) is 34.9 Å². The highest BCUT2D eigenvalue weighted by atomic mass is 16.3. The molecule has 1 aliphatic rings. The molecule has 0 aromatic carbocycles. The number of H-pyrrole nitrogens is 1. The van der Waals surface area contributed by atoms with E-state index < -0.39 is 6.23 Å². The van der Waals surface area contributed by atoms with Crippen molar-refractivity contribution in [3.63, 3.8) is 0 Å². The molecule has 37 heavy (non-hydrogen) atoms. The number of aromatic nitrogens is 4. The van der Waals surface area contributed by atoms with Crippen molar-refractivity contribution in [2.45, 2.75) is 52.9 Å². The maximum absolute atomic E-state index is 12.5. The summed E-state index contributed by atoms with van der Waals surface area (Å²) >= 11 is 0. The molecular weight excluding hydrogens is 470 g/mol. The van der Waals surface area contributed by atoms with Gasteiger partial charge >= 0.3 is 0 Å².